The van der Waals surface area contributed by atoms with Crippen LogP contribution >= 0.6 is 0 Å². The van der Waals surface area contributed by atoms with E-state index in [4.69, 9.17) is 9.96 Å². The summed E-state index contributed by atoms with van der Waals surface area (Å²) in [6.07, 6.45) is 3.50. The van der Waals surface area contributed by atoms with Gasteiger partial charge in [-0.05, 0) is 28.6 Å². The molecule has 0 saturated carbocycles. The predicted molar refractivity (Wildman–Crippen MR) is 238 cm³/mol. The Morgan fingerprint density at radius 3 is 1.28 bits per heavy atom. The summed E-state index contributed by atoms with van der Waals surface area (Å²) in [5, 5.41) is 0. The molecule has 5 rings (SSSR count). The van der Waals surface area contributed by atoms with E-state index < -0.39 is 51.1 Å². The second-order valence-electron chi connectivity index (χ2n) is 15.8. The van der Waals surface area contributed by atoms with Crippen molar-refractivity contribution in [2.24, 2.45) is 10.2 Å². The topological polar surface area (TPSA) is 92.3 Å². The number of benzene rings is 4. The molecule has 5 aromatic rings. The molecule has 54 heavy (non-hydrogen) atoms. The molecule has 0 aliphatic carbocycles. The molecule has 0 bridgehead atoms. The summed E-state index contributed by atoms with van der Waals surface area (Å²) < 4.78 is 13.1. The Morgan fingerprint density at radius 1 is 0.519 bits per heavy atom. The number of hydrogen-bond donors (Lipinski definition) is 0. The Bertz CT molecular complexity index is 1710. The maximum Gasteiger partial charge on any atom is 0.0267 e. The van der Waals surface area contributed by atoms with Crippen molar-refractivity contribution in [2.45, 2.75) is 78.6 Å². The second-order valence-corrected chi connectivity index (χ2v) is 36.7. The van der Waals surface area contributed by atoms with Gasteiger partial charge in [0.1, 0.15) is 0 Å². The van der Waals surface area contributed by atoms with E-state index in [1.165, 1.54) is 0 Å². The summed E-state index contributed by atoms with van der Waals surface area (Å²) in [7, 11) is -5.38. The molecular formula is C41H59Mo2N7Si4-4. The quantitative estimate of drug-likeness (QED) is 0.107. The molecule has 0 atom stereocenters. The van der Waals surface area contributed by atoms with Crippen molar-refractivity contribution < 1.29 is 37.8 Å². The Kier molecular flexibility index (Phi) is 23.7. The molecule has 0 fully saturated rings. The van der Waals surface area contributed by atoms with Gasteiger partial charge in [0.25, 0.3) is 0 Å². The van der Waals surface area contributed by atoms with Gasteiger partial charge < -0.3 is 14.9 Å². The van der Waals surface area contributed by atoms with Gasteiger partial charge in [-0.2, -0.15) is 35.6 Å². The number of nitrogens with zero attached hydrogens (tertiary/aromatic N) is 7. The van der Waals surface area contributed by atoms with Gasteiger partial charge in [0.05, 0.1) is 0 Å². The normalized spacial score (nSPS) is 10.7. The van der Waals surface area contributed by atoms with Crippen LogP contribution in [0.2, 0.25) is 78.6 Å². The molecule has 0 aliphatic rings. The maximum absolute atomic E-state index is 4.84. The molecule has 0 radical (unpaired) electrons. The van der Waals surface area contributed by atoms with Gasteiger partial charge in [-0.1, -0.05) is 97.5 Å². The van der Waals surface area contributed by atoms with E-state index >= 15 is 0 Å². The zero-order valence-electron chi connectivity index (χ0n) is 34.2. The third-order valence-electron chi connectivity index (χ3n) is 5.59. The molecule has 7 nitrogen and oxygen atoms in total. The SMILES string of the molecule is C[Si](C)(C)[N-]c1[c-]cccc1.C[Si](C)(C)[N-]c1ccccc1[N-][Si](C)(C)C.C[Si](C)(C)[N]=[Mo]=[N]c1ccccc1.[Mo]=[N]c1ccccc1.c1ccncc1. The molecule has 4 aromatic carbocycles. The molecule has 1 aromatic heterocycles. The first-order valence-electron chi connectivity index (χ1n) is 17.9. The summed E-state index contributed by atoms with van der Waals surface area (Å²) in [6, 6.07) is 44.9. The fraction of sp³-hybridized carbons (Fsp3) is 0.293. The van der Waals surface area contributed by atoms with Crippen molar-refractivity contribution in [1.29, 1.82) is 0 Å². The molecule has 290 valence electrons. The van der Waals surface area contributed by atoms with Crippen LogP contribution in [0.25, 0.3) is 14.9 Å². The molecule has 0 N–H and O–H groups in total. The average Bonchev–Trinajstić information content (AvgIpc) is 3.10. The summed E-state index contributed by atoms with van der Waals surface area (Å²) >= 11 is 1.22. The van der Waals surface area contributed by atoms with E-state index in [9.17, 15) is 0 Å². The van der Waals surface area contributed by atoms with Crippen molar-refractivity contribution in [2.75, 3.05) is 0 Å². The largest absolute Gasteiger partial charge is 0.265 e. The van der Waals surface area contributed by atoms with E-state index in [1.54, 1.807) is 32.0 Å². The standard InChI is InChI=1S/C12H22N2Si2.C9H13NSi.2C6H5N.C5H5N.C3H9NSi.2Mo/c1-15(2,3)13-11-9-7-8-10-12(11)14-16(4,5)6;1-11(2,3)10-9-7-5-4-6-8-9;2*7-6-4-2-1-3-5-6;1-2-4-6-5-3-1;1-5(2,3)4;;/h7-10H,1-6H3;4-7H,1-3H3;2*1-5H;1-5H;1-3H3;;/q2*-2;;;;;;. The van der Waals surface area contributed by atoms with Crippen LogP contribution in [0.4, 0.5) is 28.4 Å². The summed E-state index contributed by atoms with van der Waals surface area (Å²) in [4.78, 5) is 18.0. The van der Waals surface area contributed by atoms with Gasteiger partial charge >= 0.3 is 148 Å². The number of aromatic nitrogens is 1. The second kappa shape index (κ2) is 26.0. The molecule has 0 amide bonds. The van der Waals surface area contributed by atoms with Crippen LogP contribution in [-0.4, -0.2) is 37.9 Å². The van der Waals surface area contributed by atoms with Crippen molar-refractivity contribution in [3.8, 4) is 0 Å². The molecule has 0 aliphatic heterocycles. The first-order chi connectivity index (χ1) is 25.3. The van der Waals surface area contributed by atoms with Gasteiger partial charge in [-0.25, -0.2) is 6.07 Å². The Hall–Kier alpha value is -2.93. The van der Waals surface area contributed by atoms with E-state index in [-0.39, 0.29) is 0 Å². The van der Waals surface area contributed by atoms with E-state index in [1.807, 2.05) is 115 Å². The number of pyridine rings is 1. The predicted octanol–water partition coefficient (Wildman–Crippen LogP) is 15.4. The number of rotatable bonds is 9. The van der Waals surface area contributed by atoms with E-state index in [0.717, 1.165) is 28.4 Å². The zero-order chi connectivity index (χ0) is 40.5. The summed E-state index contributed by atoms with van der Waals surface area (Å²) in [5.74, 6) is 0. The van der Waals surface area contributed by atoms with Gasteiger partial charge in [0.2, 0.25) is 0 Å². The molecule has 13 heteroatoms. The van der Waals surface area contributed by atoms with E-state index in [2.05, 4.69) is 117 Å². The van der Waals surface area contributed by atoms with Crippen LogP contribution in [0.5, 0.6) is 0 Å². The van der Waals surface area contributed by atoms with Gasteiger partial charge in [0.15, 0.2) is 0 Å². The first-order valence-corrected chi connectivity index (χ1v) is 34.4. The van der Waals surface area contributed by atoms with Crippen LogP contribution in [0.3, 0.4) is 0 Å². The van der Waals surface area contributed by atoms with Crippen molar-refractivity contribution in [3.63, 3.8) is 0 Å². The fourth-order valence-corrected chi connectivity index (χ4v) is 9.58. The van der Waals surface area contributed by atoms with E-state index in [0.29, 0.717) is 0 Å². The minimum absolute atomic E-state index is 0.503. The molecule has 0 saturated heterocycles. The van der Waals surface area contributed by atoms with Crippen molar-refractivity contribution in [3.05, 3.63) is 161 Å². The third kappa shape index (κ3) is 29.4. The summed E-state index contributed by atoms with van der Waals surface area (Å²) in [6.45, 7) is 26.9. The van der Waals surface area contributed by atoms with Gasteiger partial charge in [0, 0.05) is 12.4 Å². The molecule has 0 unspecified atom stereocenters. The monoisotopic (exact) mass is 957 g/mol. The van der Waals surface area contributed by atoms with Crippen molar-refractivity contribution in [1.82, 2.24) is 4.98 Å². The Balaban J connectivity index is 0.000000349. The molecular weight excluding hydrogens is 895 g/mol. The fourth-order valence-electron chi connectivity index (χ4n) is 3.67. The minimum Gasteiger partial charge on any atom is -0.265 e. The van der Waals surface area contributed by atoms with Crippen LogP contribution in [-0.2, 0) is 37.8 Å². The smallest absolute Gasteiger partial charge is 0.0267 e. The number of hydrogen-bond acceptors (Lipinski definition) is 4. The van der Waals surface area contributed by atoms with Crippen LogP contribution in [0.15, 0.2) is 150 Å². The van der Waals surface area contributed by atoms with Crippen molar-refractivity contribution >= 4 is 61.4 Å². The molecule has 1 heterocycles. The molecule has 0 spiro atoms. The van der Waals surface area contributed by atoms with Crippen LogP contribution in [0.1, 0.15) is 0 Å². The Labute approximate surface area is 351 Å². The minimum atomic E-state index is -1.42. The maximum atomic E-state index is 4.84. The Morgan fingerprint density at radius 2 is 0.944 bits per heavy atom. The van der Waals surface area contributed by atoms with Crippen LogP contribution in [0, 0.1) is 6.07 Å². The zero-order valence-corrected chi connectivity index (χ0v) is 42.2. The third-order valence-corrected chi connectivity index (χ3v) is 14.8. The van der Waals surface area contributed by atoms with Gasteiger partial charge in [-0.15, -0.1) is 0 Å². The first kappa shape index (κ1) is 49.1. The van der Waals surface area contributed by atoms with Gasteiger partial charge in [-0.3, -0.25) is 10.7 Å². The van der Waals surface area contributed by atoms with Crippen LogP contribution < -0.4 is 0 Å². The summed E-state index contributed by atoms with van der Waals surface area (Å²) in [5.41, 5.74) is 5.25. The average molecular weight is 954 g/mol.